The lowest BCUT2D eigenvalue weighted by Crippen LogP contribution is -2.53. The Morgan fingerprint density at radius 3 is 2.45 bits per heavy atom. The van der Waals surface area contributed by atoms with E-state index in [2.05, 4.69) is 20.4 Å². The SMILES string of the molecule is C=C1CCC2C(O)C(C3(C)CCC(O)CC3CC(N)C3CCCCC3)CCC12C. The van der Waals surface area contributed by atoms with Gasteiger partial charge >= 0.3 is 0 Å². The third kappa shape index (κ3) is 3.85. The summed E-state index contributed by atoms with van der Waals surface area (Å²) in [5.74, 6) is 1.79. The normalized spacial score (nSPS) is 47.8. The third-order valence-electron chi connectivity index (χ3n) is 10.3. The van der Waals surface area contributed by atoms with E-state index in [-0.39, 0.29) is 29.1 Å². The molecule has 4 aliphatic rings. The maximum absolute atomic E-state index is 11.6. The molecule has 4 saturated carbocycles. The summed E-state index contributed by atoms with van der Waals surface area (Å²) in [6.45, 7) is 9.13. The van der Waals surface area contributed by atoms with Crippen LogP contribution in [0.5, 0.6) is 0 Å². The predicted octanol–water partition coefficient (Wildman–Crippen LogP) is 5.19. The van der Waals surface area contributed by atoms with Gasteiger partial charge in [0, 0.05) is 6.04 Å². The zero-order valence-corrected chi connectivity index (χ0v) is 18.9. The van der Waals surface area contributed by atoms with Gasteiger partial charge in [0.25, 0.3) is 0 Å². The van der Waals surface area contributed by atoms with Crippen molar-refractivity contribution < 1.29 is 10.2 Å². The molecule has 8 unspecified atom stereocenters. The molecule has 0 aliphatic heterocycles. The number of hydrogen-bond acceptors (Lipinski definition) is 3. The van der Waals surface area contributed by atoms with Crippen LogP contribution in [0.25, 0.3) is 0 Å². The monoisotopic (exact) mass is 403 g/mol. The largest absolute Gasteiger partial charge is 0.393 e. The maximum Gasteiger partial charge on any atom is 0.0610 e. The number of fused-ring (bicyclic) bond motifs is 1. The number of aliphatic hydroxyl groups is 2. The topological polar surface area (TPSA) is 66.5 Å². The van der Waals surface area contributed by atoms with Gasteiger partial charge in [-0.3, -0.25) is 0 Å². The first kappa shape index (κ1) is 21.8. The van der Waals surface area contributed by atoms with Gasteiger partial charge in [-0.15, -0.1) is 0 Å². The summed E-state index contributed by atoms with van der Waals surface area (Å²) in [5, 5.41) is 22.1. The van der Waals surface area contributed by atoms with Crippen molar-refractivity contribution in [2.24, 2.45) is 40.2 Å². The molecule has 8 atom stereocenters. The molecule has 0 amide bonds. The summed E-state index contributed by atoms with van der Waals surface area (Å²) >= 11 is 0. The fraction of sp³-hybridized carbons (Fsp3) is 0.923. The first-order chi connectivity index (χ1) is 13.8. The van der Waals surface area contributed by atoms with Gasteiger partial charge in [0.05, 0.1) is 12.2 Å². The molecule has 0 aromatic heterocycles. The molecule has 4 N–H and O–H groups in total. The number of rotatable bonds is 4. The molecule has 3 nitrogen and oxygen atoms in total. The van der Waals surface area contributed by atoms with Crippen molar-refractivity contribution in [3.8, 4) is 0 Å². The fourth-order valence-electron chi connectivity index (χ4n) is 8.07. The summed E-state index contributed by atoms with van der Waals surface area (Å²) in [5.41, 5.74) is 8.37. The predicted molar refractivity (Wildman–Crippen MR) is 119 cm³/mol. The highest BCUT2D eigenvalue weighted by Gasteiger charge is 2.56. The Bertz CT molecular complexity index is 600. The number of allylic oxidation sites excluding steroid dienone is 1. The zero-order valence-electron chi connectivity index (χ0n) is 18.9. The highest BCUT2D eigenvalue weighted by Crippen LogP contribution is 2.61. The van der Waals surface area contributed by atoms with E-state index in [1.807, 2.05) is 0 Å². The molecule has 166 valence electrons. The van der Waals surface area contributed by atoms with Crippen molar-refractivity contribution in [3.63, 3.8) is 0 Å². The van der Waals surface area contributed by atoms with Gasteiger partial charge in [-0.1, -0.05) is 45.3 Å². The Hall–Kier alpha value is -0.380. The molecular weight excluding hydrogens is 358 g/mol. The van der Waals surface area contributed by atoms with Crippen LogP contribution in [0.2, 0.25) is 0 Å². The Kier molecular flexibility index (Phi) is 6.23. The van der Waals surface area contributed by atoms with Crippen LogP contribution in [0.3, 0.4) is 0 Å². The molecule has 0 bridgehead atoms. The highest BCUT2D eigenvalue weighted by atomic mass is 16.3. The van der Waals surface area contributed by atoms with Gasteiger partial charge < -0.3 is 15.9 Å². The molecular formula is C26H45NO2. The average molecular weight is 404 g/mol. The van der Waals surface area contributed by atoms with Crippen LogP contribution in [0.4, 0.5) is 0 Å². The van der Waals surface area contributed by atoms with Crippen molar-refractivity contribution >= 4 is 0 Å². The summed E-state index contributed by atoms with van der Waals surface area (Å²) < 4.78 is 0. The van der Waals surface area contributed by atoms with Crippen LogP contribution >= 0.6 is 0 Å². The summed E-state index contributed by atoms with van der Waals surface area (Å²) in [6, 6.07) is 0.252. The standard InChI is InChI=1S/C26H45NO2/c1-17-9-10-21-24(29)22(12-14-25(17,21)2)26(3)13-11-20(28)15-19(26)16-23(27)18-7-5-4-6-8-18/h18-24,28-29H,1,4-16,27H2,2-3H3. The van der Waals surface area contributed by atoms with Crippen LogP contribution in [-0.4, -0.2) is 28.5 Å². The van der Waals surface area contributed by atoms with Gasteiger partial charge in [0.1, 0.15) is 0 Å². The van der Waals surface area contributed by atoms with Gasteiger partial charge in [0.2, 0.25) is 0 Å². The second-order valence-corrected chi connectivity index (χ2v) is 11.7. The summed E-state index contributed by atoms with van der Waals surface area (Å²) in [4.78, 5) is 0. The van der Waals surface area contributed by atoms with Crippen LogP contribution < -0.4 is 5.73 Å². The molecule has 29 heavy (non-hydrogen) atoms. The Labute approximate surface area is 178 Å². The van der Waals surface area contributed by atoms with Crippen molar-refractivity contribution in [1.82, 2.24) is 0 Å². The van der Waals surface area contributed by atoms with E-state index >= 15 is 0 Å². The van der Waals surface area contributed by atoms with Gasteiger partial charge in [0.15, 0.2) is 0 Å². The van der Waals surface area contributed by atoms with E-state index < -0.39 is 0 Å². The number of nitrogens with two attached hydrogens (primary N) is 1. The minimum absolute atomic E-state index is 0.0934. The van der Waals surface area contributed by atoms with Crippen molar-refractivity contribution in [1.29, 1.82) is 0 Å². The van der Waals surface area contributed by atoms with Gasteiger partial charge in [-0.2, -0.15) is 0 Å². The maximum atomic E-state index is 11.6. The number of aliphatic hydroxyl groups excluding tert-OH is 2. The molecule has 4 aliphatic carbocycles. The van der Waals surface area contributed by atoms with E-state index in [0.29, 0.717) is 23.7 Å². The highest BCUT2D eigenvalue weighted by molar-refractivity contribution is 5.21. The van der Waals surface area contributed by atoms with E-state index in [9.17, 15) is 10.2 Å². The van der Waals surface area contributed by atoms with Gasteiger partial charge in [-0.05, 0) is 98.7 Å². The van der Waals surface area contributed by atoms with Crippen molar-refractivity contribution in [2.75, 3.05) is 0 Å². The molecule has 0 saturated heterocycles. The lowest BCUT2D eigenvalue weighted by molar-refractivity contribution is -0.121. The average Bonchev–Trinajstić information content (AvgIpc) is 3.01. The molecule has 0 aromatic rings. The van der Waals surface area contributed by atoms with E-state index in [0.717, 1.165) is 51.4 Å². The molecule has 4 fully saturated rings. The first-order valence-corrected chi connectivity index (χ1v) is 12.6. The van der Waals surface area contributed by atoms with Crippen LogP contribution in [0.1, 0.15) is 97.3 Å². The van der Waals surface area contributed by atoms with Crippen molar-refractivity contribution in [3.05, 3.63) is 12.2 Å². The molecule has 3 heteroatoms. The summed E-state index contributed by atoms with van der Waals surface area (Å²) in [7, 11) is 0. The van der Waals surface area contributed by atoms with E-state index in [1.165, 1.54) is 37.7 Å². The minimum Gasteiger partial charge on any atom is -0.393 e. The fourth-order valence-corrected chi connectivity index (χ4v) is 8.07. The van der Waals surface area contributed by atoms with Gasteiger partial charge in [-0.25, -0.2) is 0 Å². The van der Waals surface area contributed by atoms with E-state index in [1.54, 1.807) is 0 Å². The lowest BCUT2D eigenvalue weighted by atomic mass is 9.51. The molecule has 0 spiro atoms. The van der Waals surface area contributed by atoms with Crippen molar-refractivity contribution in [2.45, 2.75) is 116 Å². The van der Waals surface area contributed by atoms with Crippen LogP contribution in [0, 0.1) is 34.5 Å². The van der Waals surface area contributed by atoms with Crippen LogP contribution in [0.15, 0.2) is 12.2 Å². The molecule has 4 rings (SSSR count). The van der Waals surface area contributed by atoms with E-state index in [4.69, 9.17) is 5.73 Å². The summed E-state index contributed by atoms with van der Waals surface area (Å²) in [6.07, 6.45) is 14.4. The second kappa shape index (κ2) is 8.28. The number of hydrogen-bond donors (Lipinski definition) is 3. The smallest absolute Gasteiger partial charge is 0.0610 e. The Balaban J connectivity index is 1.52. The lowest BCUT2D eigenvalue weighted by Gasteiger charge is -2.56. The molecule has 0 heterocycles. The van der Waals surface area contributed by atoms with Crippen LogP contribution in [-0.2, 0) is 0 Å². The Morgan fingerprint density at radius 1 is 1.00 bits per heavy atom. The third-order valence-corrected chi connectivity index (χ3v) is 10.3. The molecule has 0 radical (unpaired) electrons. The zero-order chi connectivity index (χ0) is 20.8. The molecule has 0 aromatic carbocycles. The second-order valence-electron chi connectivity index (χ2n) is 11.7. The minimum atomic E-state index is -0.235. The quantitative estimate of drug-likeness (QED) is 0.566. The first-order valence-electron chi connectivity index (χ1n) is 12.6. The Morgan fingerprint density at radius 2 is 1.72 bits per heavy atom.